The van der Waals surface area contributed by atoms with E-state index in [4.69, 9.17) is 9.47 Å². The summed E-state index contributed by atoms with van der Waals surface area (Å²) >= 11 is 0. The maximum Gasteiger partial charge on any atom is 0.310 e. The Hall–Kier alpha value is -4.60. The molecule has 4 bridgehead atoms. The van der Waals surface area contributed by atoms with Crippen molar-refractivity contribution in [2.45, 2.75) is 125 Å². The van der Waals surface area contributed by atoms with Gasteiger partial charge < -0.3 is 28.4 Å². The Kier molecular flexibility index (Phi) is 10.9. The summed E-state index contributed by atoms with van der Waals surface area (Å²) in [5.41, 5.74) is 4.64. The molecule has 0 N–H and O–H groups in total. The number of esters is 2. The number of hydrogen-bond donors (Lipinski definition) is 0. The fraction of sp³-hybridized carbons (Fsp3) is 0.583. The molecule has 312 valence electrons. The van der Waals surface area contributed by atoms with E-state index < -0.39 is 0 Å². The molecule has 10 heteroatoms. The van der Waals surface area contributed by atoms with Crippen LogP contribution in [-0.2, 0) is 25.6 Å². The zero-order chi connectivity index (χ0) is 41.9. The molecular weight excluding hydrogens is 729 g/mol. The zero-order valence-corrected chi connectivity index (χ0v) is 36.4. The van der Waals surface area contributed by atoms with Crippen LogP contribution in [0.5, 0.6) is 0 Å². The van der Waals surface area contributed by atoms with Crippen LogP contribution in [0.2, 0.25) is 0 Å². The summed E-state index contributed by atoms with van der Waals surface area (Å²) in [6, 6.07) is 16.6. The first-order chi connectivity index (χ1) is 27.2. The molecule has 0 spiro atoms. The van der Waals surface area contributed by atoms with Crippen molar-refractivity contribution in [3.63, 3.8) is 0 Å². The Morgan fingerprint density at radius 3 is 1.69 bits per heavy atom. The molecule has 6 unspecified atom stereocenters. The first kappa shape index (κ1) is 41.6. The predicted molar refractivity (Wildman–Crippen MR) is 228 cm³/mol. The molecule has 2 saturated carbocycles. The van der Waals surface area contributed by atoms with Gasteiger partial charge in [-0.25, -0.2) is 0 Å². The lowest BCUT2D eigenvalue weighted by molar-refractivity contribution is -0.145. The Balaban J connectivity index is 0.000000177. The van der Waals surface area contributed by atoms with Crippen molar-refractivity contribution < 1.29 is 28.7 Å². The van der Waals surface area contributed by atoms with Crippen LogP contribution in [0.3, 0.4) is 0 Å². The van der Waals surface area contributed by atoms with E-state index in [0.29, 0.717) is 35.9 Å². The second-order valence-corrected chi connectivity index (χ2v) is 20.6. The Bertz CT molecular complexity index is 2230. The van der Waals surface area contributed by atoms with Crippen LogP contribution in [0, 0.1) is 27.6 Å². The summed E-state index contributed by atoms with van der Waals surface area (Å²) in [6.45, 7) is 20.1. The Morgan fingerprint density at radius 2 is 1.17 bits per heavy atom. The van der Waals surface area contributed by atoms with Crippen LogP contribution in [0.15, 0.2) is 60.9 Å². The summed E-state index contributed by atoms with van der Waals surface area (Å²) in [6.07, 6.45) is 11.0. The first-order valence-electron chi connectivity index (χ1n) is 21.2. The van der Waals surface area contributed by atoms with Gasteiger partial charge in [-0.05, 0) is 116 Å². The molecule has 4 aromatic rings. The van der Waals surface area contributed by atoms with E-state index in [1.165, 1.54) is 27.1 Å². The molecule has 2 aromatic carbocycles. The van der Waals surface area contributed by atoms with E-state index in [0.717, 1.165) is 71.7 Å². The van der Waals surface area contributed by atoms with Crippen LogP contribution >= 0.6 is 0 Å². The highest BCUT2D eigenvalue weighted by molar-refractivity contribution is 5.99. The molecule has 0 radical (unpaired) electrons. The van der Waals surface area contributed by atoms with E-state index in [-0.39, 0.29) is 46.5 Å². The van der Waals surface area contributed by atoms with Crippen molar-refractivity contribution in [2.75, 3.05) is 27.3 Å². The lowest BCUT2D eigenvalue weighted by Crippen LogP contribution is -2.37. The Morgan fingerprint density at radius 1 is 0.672 bits per heavy atom. The standard InChI is InChI=1S/2C24H32N2O3/c1-16(22(28)29-5)13-25-9-8-17-10-18(6-7-20(17)25)21(27)26-15-24(4)12-19(26)11-23(2,3)14-24;1-16(10-21(27)29-5)25-9-8-17-11-18(6-7-20(17)25)22(28)26-15-24(4)13-19(26)12-23(2,3)14-24/h6-10,16,19H,11-15H2,1-5H3;6-9,11,16,19H,10,12-15H2,1-5H3. The van der Waals surface area contributed by atoms with E-state index >= 15 is 0 Å². The number of fused-ring (bicyclic) bond motifs is 6. The average molecular weight is 793 g/mol. The monoisotopic (exact) mass is 792 g/mol. The molecule has 4 aliphatic rings. The van der Waals surface area contributed by atoms with Gasteiger partial charge in [0.2, 0.25) is 0 Å². The minimum Gasteiger partial charge on any atom is -0.469 e. The number of carbonyl (C=O) groups excluding carboxylic acids is 4. The van der Waals surface area contributed by atoms with Gasteiger partial charge in [-0.1, -0.05) is 48.5 Å². The number of nitrogens with zero attached hydrogens (tertiary/aromatic N) is 4. The molecule has 4 heterocycles. The minimum atomic E-state index is -0.220. The van der Waals surface area contributed by atoms with Crippen molar-refractivity contribution in [3.8, 4) is 0 Å². The fourth-order valence-corrected chi connectivity index (χ4v) is 11.9. The molecule has 58 heavy (non-hydrogen) atoms. The zero-order valence-electron chi connectivity index (χ0n) is 36.4. The normalized spacial score (nSPS) is 26.5. The molecule has 4 fully saturated rings. The number of benzene rings is 2. The molecule has 2 aliphatic carbocycles. The third-order valence-corrected chi connectivity index (χ3v) is 13.6. The summed E-state index contributed by atoms with van der Waals surface area (Å²) in [4.78, 5) is 54.3. The number of methoxy groups -OCH3 is 2. The van der Waals surface area contributed by atoms with Gasteiger partial charge in [-0.2, -0.15) is 0 Å². The number of aromatic nitrogens is 2. The minimum absolute atomic E-state index is 0.00140. The average Bonchev–Trinajstić information content (AvgIpc) is 3.89. The number of carbonyl (C=O) groups is 4. The molecule has 2 saturated heterocycles. The van der Waals surface area contributed by atoms with Crippen LogP contribution < -0.4 is 0 Å². The molecule has 8 rings (SSSR count). The topological polar surface area (TPSA) is 103 Å². The SMILES string of the molecule is COC(=O)C(C)Cn1ccc2cc(C(=O)N3CC4(C)CC3CC(C)(C)C4)ccc21.COC(=O)CC(C)n1ccc2cc(C(=O)N3CC4(C)CC3CC(C)(C)C4)ccc21. The molecule has 2 aliphatic heterocycles. The quantitative estimate of drug-likeness (QED) is 0.165. The predicted octanol–water partition coefficient (Wildman–Crippen LogP) is 9.30. The van der Waals surface area contributed by atoms with Crippen molar-refractivity contribution in [1.82, 2.24) is 18.9 Å². The van der Waals surface area contributed by atoms with Crippen molar-refractivity contribution in [2.24, 2.45) is 27.6 Å². The van der Waals surface area contributed by atoms with Gasteiger partial charge in [-0.15, -0.1) is 0 Å². The smallest absolute Gasteiger partial charge is 0.310 e. The largest absolute Gasteiger partial charge is 0.469 e. The van der Waals surface area contributed by atoms with E-state index in [2.05, 4.69) is 60.5 Å². The molecular formula is C48H64N4O6. The maximum atomic E-state index is 13.4. The van der Waals surface area contributed by atoms with Crippen LogP contribution in [0.25, 0.3) is 21.8 Å². The van der Waals surface area contributed by atoms with Crippen molar-refractivity contribution in [3.05, 3.63) is 72.1 Å². The van der Waals surface area contributed by atoms with Gasteiger partial charge in [-0.3, -0.25) is 19.2 Å². The van der Waals surface area contributed by atoms with E-state index in [1.54, 1.807) is 0 Å². The van der Waals surface area contributed by atoms with Gasteiger partial charge in [0.1, 0.15) is 0 Å². The van der Waals surface area contributed by atoms with Gasteiger partial charge in [0.05, 0.1) is 26.6 Å². The van der Waals surface area contributed by atoms with Gasteiger partial charge >= 0.3 is 11.9 Å². The Labute approximate surface area is 344 Å². The number of amides is 2. The third kappa shape index (κ3) is 8.30. The lowest BCUT2D eigenvalue weighted by Gasteiger charge is -2.39. The molecule has 6 atom stereocenters. The van der Waals surface area contributed by atoms with Crippen LogP contribution in [0.4, 0.5) is 0 Å². The number of hydrogen-bond acceptors (Lipinski definition) is 6. The van der Waals surface area contributed by atoms with Crippen LogP contribution in [0.1, 0.15) is 127 Å². The van der Waals surface area contributed by atoms with Gasteiger partial charge in [0.15, 0.2) is 0 Å². The molecule has 2 aromatic heterocycles. The number of ether oxygens (including phenoxy) is 2. The lowest BCUT2D eigenvalue weighted by atomic mass is 9.65. The summed E-state index contributed by atoms with van der Waals surface area (Å²) in [5, 5.41) is 2.06. The van der Waals surface area contributed by atoms with Crippen LogP contribution in [-0.4, -0.2) is 82.1 Å². The highest BCUT2D eigenvalue weighted by Gasteiger charge is 2.52. The maximum absolute atomic E-state index is 13.4. The van der Waals surface area contributed by atoms with E-state index in [9.17, 15) is 19.2 Å². The highest BCUT2D eigenvalue weighted by Crippen LogP contribution is 2.54. The summed E-state index contributed by atoms with van der Waals surface area (Å²) < 4.78 is 13.8. The fourth-order valence-electron chi connectivity index (χ4n) is 11.9. The first-order valence-corrected chi connectivity index (χ1v) is 21.2. The summed E-state index contributed by atoms with van der Waals surface area (Å²) in [5.74, 6) is -0.356. The second-order valence-electron chi connectivity index (χ2n) is 20.6. The highest BCUT2D eigenvalue weighted by atomic mass is 16.5. The summed E-state index contributed by atoms with van der Waals surface area (Å²) in [7, 11) is 2.83. The van der Waals surface area contributed by atoms with Crippen molar-refractivity contribution >= 4 is 45.6 Å². The number of likely N-dealkylation sites (tertiary alicyclic amines) is 2. The molecule has 2 amide bonds. The molecule has 10 nitrogen and oxygen atoms in total. The van der Waals surface area contributed by atoms with Crippen molar-refractivity contribution in [1.29, 1.82) is 0 Å². The van der Waals surface area contributed by atoms with Gasteiger partial charge in [0, 0.05) is 83.1 Å². The van der Waals surface area contributed by atoms with Gasteiger partial charge in [0.25, 0.3) is 11.8 Å². The second kappa shape index (κ2) is 15.2. The number of rotatable bonds is 8. The third-order valence-electron chi connectivity index (χ3n) is 13.6. The van der Waals surface area contributed by atoms with E-state index in [1.807, 2.05) is 74.8 Å².